The van der Waals surface area contributed by atoms with Crippen LogP contribution in [0.4, 0.5) is 14.3 Å². The van der Waals surface area contributed by atoms with Gasteiger partial charge in [0.15, 0.2) is 5.13 Å². The van der Waals surface area contributed by atoms with E-state index in [1.165, 1.54) is 24.5 Å². The van der Waals surface area contributed by atoms with Gasteiger partial charge in [0, 0.05) is 17.5 Å². The van der Waals surface area contributed by atoms with Crippen molar-refractivity contribution in [3.05, 3.63) is 46.7 Å². The normalized spacial score (nSPS) is 10.1. The summed E-state index contributed by atoms with van der Waals surface area (Å²) in [6, 6.07) is 6.24. The summed E-state index contributed by atoms with van der Waals surface area (Å²) in [5.74, 6) is -0.640. The number of hydrogen-bond donors (Lipinski definition) is 2. The minimum Gasteiger partial charge on any atom is -0.453 e. The molecular formula is C14H14FN3O3S. The first-order chi connectivity index (χ1) is 10.6. The number of ether oxygens (including phenoxy) is 1. The SMILES string of the molecule is COC(=O)Nc1nc(CC(=O)NCc2ccccc2F)cs1. The first-order valence-electron chi connectivity index (χ1n) is 6.38. The lowest BCUT2D eigenvalue weighted by Gasteiger charge is -2.05. The highest BCUT2D eigenvalue weighted by Crippen LogP contribution is 2.16. The number of nitrogens with one attached hydrogen (secondary N) is 2. The van der Waals surface area contributed by atoms with Crippen molar-refractivity contribution in [2.24, 2.45) is 0 Å². The molecule has 6 nitrogen and oxygen atoms in total. The van der Waals surface area contributed by atoms with Crippen molar-refractivity contribution in [3.8, 4) is 0 Å². The van der Waals surface area contributed by atoms with E-state index in [1.54, 1.807) is 23.6 Å². The number of aromatic nitrogens is 1. The smallest absolute Gasteiger partial charge is 0.413 e. The number of methoxy groups -OCH3 is 1. The Kier molecular flexibility index (Phi) is 5.42. The van der Waals surface area contributed by atoms with E-state index in [4.69, 9.17) is 0 Å². The molecule has 0 unspecified atom stereocenters. The van der Waals surface area contributed by atoms with Crippen LogP contribution in [-0.2, 0) is 22.5 Å². The van der Waals surface area contributed by atoms with Gasteiger partial charge in [-0.1, -0.05) is 18.2 Å². The molecule has 0 fully saturated rings. The van der Waals surface area contributed by atoms with Gasteiger partial charge in [-0.3, -0.25) is 10.1 Å². The third kappa shape index (κ3) is 4.52. The predicted octanol–water partition coefficient (Wildman–Crippen LogP) is 2.32. The van der Waals surface area contributed by atoms with E-state index >= 15 is 0 Å². The average Bonchev–Trinajstić information content (AvgIpc) is 2.93. The van der Waals surface area contributed by atoms with Gasteiger partial charge in [0.05, 0.1) is 19.2 Å². The molecule has 0 atom stereocenters. The average molecular weight is 323 g/mol. The number of thiazole rings is 1. The number of nitrogens with zero attached hydrogens (tertiary/aromatic N) is 1. The number of rotatable bonds is 5. The molecule has 0 saturated heterocycles. The Morgan fingerprint density at radius 1 is 1.36 bits per heavy atom. The van der Waals surface area contributed by atoms with E-state index in [2.05, 4.69) is 20.4 Å². The minimum absolute atomic E-state index is 0.0494. The fourth-order valence-corrected chi connectivity index (χ4v) is 2.34. The van der Waals surface area contributed by atoms with Gasteiger partial charge in [0.1, 0.15) is 5.82 Å². The molecule has 1 aromatic carbocycles. The molecule has 0 bridgehead atoms. The van der Waals surface area contributed by atoms with E-state index in [0.717, 1.165) is 0 Å². The molecule has 1 aromatic heterocycles. The van der Waals surface area contributed by atoms with E-state index in [-0.39, 0.29) is 24.7 Å². The van der Waals surface area contributed by atoms with Crippen molar-refractivity contribution in [1.29, 1.82) is 0 Å². The number of hydrogen-bond acceptors (Lipinski definition) is 5. The van der Waals surface area contributed by atoms with Crippen LogP contribution in [0.5, 0.6) is 0 Å². The Balaban J connectivity index is 1.85. The first-order valence-corrected chi connectivity index (χ1v) is 7.26. The van der Waals surface area contributed by atoms with Crippen LogP contribution in [0.3, 0.4) is 0 Å². The molecule has 22 heavy (non-hydrogen) atoms. The molecule has 0 saturated carbocycles. The molecule has 0 aliphatic carbocycles. The highest BCUT2D eigenvalue weighted by molar-refractivity contribution is 7.13. The zero-order valence-corrected chi connectivity index (χ0v) is 12.6. The Morgan fingerprint density at radius 2 is 2.14 bits per heavy atom. The van der Waals surface area contributed by atoms with Crippen LogP contribution in [0.25, 0.3) is 0 Å². The van der Waals surface area contributed by atoms with Gasteiger partial charge < -0.3 is 10.1 Å². The molecule has 0 aliphatic heterocycles. The lowest BCUT2D eigenvalue weighted by atomic mass is 10.2. The summed E-state index contributed by atoms with van der Waals surface area (Å²) in [5.41, 5.74) is 0.935. The number of carbonyl (C=O) groups excluding carboxylic acids is 2. The van der Waals surface area contributed by atoms with Crippen molar-refractivity contribution < 1.29 is 18.7 Å². The Morgan fingerprint density at radius 3 is 2.86 bits per heavy atom. The summed E-state index contributed by atoms with van der Waals surface area (Å²) in [7, 11) is 1.25. The molecular weight excluding hydrogens is 309 g/mol. The number of benzene rings is 1. The van der Waals surface area contributed by atoms with Crippen LogP contribution in [0.15, 0.2) is 29.6 Å². The molecule has 2 amide bonds. The predicted molar refractivity (Wildman–Crippen MR) is 80.1 cm³/mol. The van der Waals surface area contributed by atoms with Gasteiger partial charge in [-0.25, -0.2) is 14.2 Å². The second-order valence-corrected chi connectivity index (χ2v) is 5.16. The van der Waals surface area contributed by atoms with Crippen LogP contribution in [0.1, 0.15) is 11.3 Å². The van der Waals surface area contributed by atoms with Gasteiger partial charge in [0.25, 0.3) is 0 Å². The number of halogens is 1. The van der Waals surface area contributed by atoms with Crippen molar-refractivity contribution in [3.63, 3.8) is 0 Å². The second kappa shape index (κ2) is 7.51. The first kappa shape index (κ1) is 15.9. The highest BCUT2D eigenvalue weighted by Gasteiger charge is 2.10. The largest absolute Gasteiger partial charge is 0.453 e. The fourth-order valence-electron chi connectivity index (χ4n) is 1.65. The molecule has 0 radical (unpaired) electrons. The van der Waals surface area contributed by atoms with Crippen LogP contribution in [-0.4, -0.2) is 24.1 Å². The van der Waals surface area contributed by atoms with Crippen LogP contribution in [0, 0.1) is 5.82 Å². The molecule has 8 heteroatoms. The highest BCUT2D eigenvalue weighted by atomic mass is 32.1. The Hall–Kier alpha value is -2.48. The molecule has 116 valence electrons. The minimum atomic E-state index is -0.620. The van der Waals surface area contributed by atoms with Crippen molar-refractivity contribution in [2.75, 3.05) is 12.4 Å². The van der Waals surface area contributed by atoms with Gasteiger partial charge in [0.2, 0.25) is 5.91 Å². The second-order valence-electron chi connectivity index (χ2n) is 4.31. The lowest BCUT2D eigenvalue weighted by Crippen LogP contribution is -2.25. The zero-order chi connectivity index (χ0) is 15.9. The van der Waals surface area contributed by atoms with Crippen molar-refractivity contribution in [2.45, 2.75) is 13.0 Å². The topological polar surface area (TPSA) is 80.3 Å². The third-order valence-corrected chi connectivity index (χ3v) is 3.53. The van der Waals surface area contributed by atoms with E-state index < -0.39 is 6.09 Å². The van der Waals surface area contributed by atoms with Gasteiger partial charge >= 0.3 is 6.09 Å². The molecule has 2 rings (SSSR count). The van der Waals surface area contributed by atoms with Crippen molar-refractivity contribution in [1.82, 2.24) is 10.3 Å². The quantitative estimate of drug-likeness (QED) is 0.885. The summed E-state index contributed by atoms with van der Waals surface area (Å²) >= 11 is 1.19. The summed E-state index contributed by atoms with van der Waals surface area (Å²) in [4.78, 5) is 26.9. The number of anilines is 1. The van der Waals surface area contributed by atoms with Crippen LogP contribution >= 0.6 is 11.3 Å². The molecule has 0 spiro atoms. The summed E-state index contributed by atoms with van der Waals surface area (Å²) in [6.07, 6.45) is -0.571. The Labute approximate surface area is 130 Å². The molecule has 1 heterocycles. The maximum Gasteiger partial charge on any atom is 0.413 e. The summed E-state index contributed by atoms with van der Waals surface area (Å²) in [6.45, 7) is 0.114. The standard InChI is InChI=1S/C14H14FN3O3S/c1-21-14(20)18-13-17-10(8-22-13)6-12(19)16-7-9-4-2-3-5-11(9)15/h2-5,8H,6-7H2,1H3,(H,16,19)(H,17,18,20). The number of amides is 2. The monoisotopic (exact) mass is 323 g/mol. The zero-order valence-electron chi connectivity index (χ0n) is 11.8. The Bertz CT molecular complexity index is 675. The van der Waals surface area contributed by atoms with E-state index in [1.807, 2.05) is 0 Å². The van der Waals surface area contributed by atoms with Gasteiger partial charge in [-0.2, -0.15) is 0 Å². The summed E-state index contributed by atoms with van der Waals surface area (Å²) in [5, 5.41) is 7.05. The van der Waals surface area contributed by atoms with E-state index in [0.29, 0.717) is 16.4 Å². The van der Waals surface area contributed by atoms with Gasteiger partial charge in [-0.15, -0.1) is 11.3 Å². The molecule has 0 aliphatic rings. The van der Waals surface area contributed by atoms with E-state index in [9.17, 15) is 14.0 Å². The molecule has 2 N–H and O–H groups in total. The third-order valence-electron chi connectivity index (χ3n) is 2.72. The van der Waals surface area contributed by atoms with Gasteiger partial charge in [-0.05, 0) is 6.07 Å². The molecule has 2 aromatic rings. The maximum atomic E-state index is 13.4. The maximum absolute atomic E-state index is 13.4. The summed E-state index contributed by atoms with van der Waals surface area (Å²) < 4.78 is 17.9. The van der Waals surface area contributed by atoms with Crippen molar-refractivity contribution >= 4 is 28.5 Å². The van der Waals surface area contributed by atoms with Crippen LogP contribution in [0.2, 0.25) is 0 Å². The number of carbonyl (C=O) groups is 2. The lowest BCUT2D eigenvalue weighted by molar-refractivity contribution is -0.120. The fraction of sp³-hybridized carbons (Fsp3) is 0.214. The van der Waals surface area contributed by atoms with Crippen LogP contribution < -0.4 is 10.6 Å².